The van der Waals surface area contributed by atoms with Gasteiger partial charge in [-0.15, -0.1) is 11.8 Å². The van der Waals surface area contributed by atoms with E-state index in [2.05, 4.69) is 0 Å². The molecular weight excluding hydrogens is 314 g/mol. The monoisotopic (exact) mass is 335 g/mol. The molecule has 0 radical (unpaired) electrons. The van der Waals surface area contributed by atoms with Crippen molar-refractivity contribution in [1.82, 2.24) is 4.90 Å². The van der Waals surface area contributed by atoms with E-state index in [-0.39, 0.29) is 11.5 Å². The Kier molecular flexibility index (Phi) is 4.64. The van der Waals surface area contributed by atoms with Crippen LogP contribution in [0, 0.1) is 0 Å². The lowest BCUT2D eigenvalue weighted by atomic mass is 9.79. The molecule has 5 nitrogen and oxygen atoms in total. The quantitative estimate of drug-likeness (QED) is 0.857. The molecule has 1 aromatic rings. The number of morpholine rings is 1. The van der Waals surface area contributed by atoms with Gasteiger partial charge in [0, 0.05) is 11.4 Å². The second kappa shape index (κ2) is 6.53. The number of amides is 1. The molecule has 1 saturated carbocycles. The van der Waals surface area contributed by atoms with Gasteiger partial charge in [-0.25, -0.2) is 0 Å². The second-order valence-corrected chi connectivity index (χ2v) is 7.59. The number of carbonyl (C=O) groups excluding carboxylic acids is 1. The molecule has 6 heteroatoms. The number of ether oxygens (including phenoxy) is 1. The molecule has 23 heavy (non-hydrogen) atoms. The SMILES string of the molecule is CC(Sc1ccccc1C(=O)N1CCOC2(CCC2)C1)C(=O)O. The molecule has 1 aliphatic carbocycles. The Hall–Kier alpha value is -1.53. The molecule has 1 saturated heterocycles. The van der Waals surface area contributed by atoms with Gasteiger partial charge in [-0.2, -0.15) is 0 Å². The van der Waals surface area contributed by atoms with Crippen LogP contribution in [0.2, 0.25) is 0 Å². The Morgan fingerprint density at radius 3 is 2.74 bits per heavy atom. The number of thioether (sulfide) groups is 1. The molecule has 1 unspecified atom stereocenters. The van der Waals surface area contributed by atoms with E-state index in [9.17, 15) is 9.59 Å². The van der Waals surface area contributed by atoms with E-state index >= 15 is 0 Å². The van der Waals surface area contributed by atoms with Crippen molar-refractivity contribution in [2.75, 3.05) is 19.7 Å². The average Bonchev–Trinajstić information content (AvgIpc) is 2.53. The summed E-state index contributed by atoms with van der Waals surface area (Å²) >= 11 is 1.21. The number of benzene rings is 1. The van der Waals surface area contributed by atoms with Gasteiger partial charge in [-0.05, 0) is 38.3 Å². The Morgan fingerprint density at radius 2 is 2.09 bits per heavy atom. The third kappa shape index (κ3) is 3.38. The van der Waals surface area contributed by atoms with Crippen molar-refractivity contribution in [2.45, 2.75) is 41.9 Å². The fraction of sp³-hybridized carbons (Fsp3) is 0.529. The predicted molar refractivity (Wildman–Crippen MR) is 87.8 cm³/mol. The predicted octanol–water partition coefficient (Wildman–Crippen LogP) is 2.65. The first-order chi connectivity index (χ1) is 11.0. The van der Waals surface area contributed by atoms with E-state index in [1.165, 1.54) is 11.8 Å². The normalized spacial score (nSPS) is 20.8. The van der Waals surface area contributed by atoms with Crippen LogP contribution in [-0.4, -0.2) is 52.4 Å². The molecule has 1 heterocycles. The third-order valence-corrected chi connectivity index (χ3v) is 5.73. The van der Waals surface area contributed by atoms with Crippen LogP contribution in [0.25, 0.3) is 0 Å². The highest BCUT2D eigenvalue weighted by Gasteiger charge is 2.43. The number of hydrogen-bond acceptors (Lipinski definition) is 4. The first kappa shape index (κ1) is 16.3. The van der Waals surface area contributed by atoms with Gasteiger partial charge in [0.2, 0.25) is 0 Å². The van der Waals surface area contributed by atoms with E-state index < -0.39 is 11.2 Å². The molecule has 1 aliphatic heterocycles. The molecule has 0 aromatic heterocycles. The van der Waals surface area contributed by atoms with Crippen LogP contribution < -0.4 is 0 Å². The van der Waals surface area contributed by atoms with Crippen molar-refractivity contribution in [3.05, 3.63) is 29.8 Å². The van der Waals surface area contributed by atoms with Crippen LogP contribution in [0.3, 0.4) is 0 Å². The summed E-state index contributed by atoms with van der Waals surface area (Å²) in [7, 11) is 0. The minimum absolute atomic E-state index is 0.0275. The van der Waals surface area contributed by atoms with E-state index in [1.54, 1.807) is 13.0 Å². The first-order valence-electron chi connectivity index (χ1n) is 7.92. The molecule has 3 rings (SSSR count). The number of nitrogens with zero attached hydrogens (tertiary/aromatic N) is 1. The first-order valence-corrected chi connectivity index (χ1v) is 8.80. The van der Waals surface area contributed by atoms with Crippen molar-refractivity contribution in [1.29, 1.82) is 0 Å². The van der Waals surface area contributed by atoms with Crippen LogP contribution in [0.1, 0.15) is 36.5 Å². The van der Waals surface area contributed by atoms with Crippen LogP contribution in [0.15, 0.2) is 29.2 Å². The Labute approximate surface area is 140 Å². The van der Waals surface area contributed by atoms with Crippen LogP contribution in [0.4, 0.5) is 0 Å². The van der Waals surface area contributed by atoms with Gasteiger partial charge in [0.25, 0.3) is 5.91 Å². The van der Waals surface area contributed by atoms with E-state index in [1.807, 2.05) is 23.1 Å². The van der Waals surface area contributed by atoms with Gasteiger partial charge in [-0.1, -0.05) is 12.1 Å². The Morgan fingerprint density at radius 1 is 1.35 bits per heavy atom. The second-order valence-electron chi connectivity index (χ2n) is 6.21. The van der Waals surface area contributed by atoms with Gasteiger partial charge in [-0.3, -0.25) is 9.59 Å². The summed E-state index contributed by atoms with van der Waals surface area (Å²) in [5, 5.41) is 8.51. The van der Waals surface area contributed by atoms with Crippen molar-refractivity contribution in [2.24, 2.45) is 0 Å². The third-order valence-electron chi connectivity index (χ3n) is 4.57. The highest BCUT2D eigenvalue weighted by molar-refractivity contribution is 8.00. The van der Waals surface area contributed by atoms with Gasteiger partial charge in [0.1, 0.15) is 5.25 Å². The molecule has 124 valence electrons. The highest BCUT2D eigenvalue weighted by atomic mass is 32.2. The molecule has 1 atom stereocenters. The van der Waals surface area contributed by atoms with E-state index in [0.717, 1.165) is 24.2 Å². The summed E-state index contributed by atoms with van der Waals surface area (Å²) in [6, 6.07) is 7.25. The Balaban J connectivity index is 1.78. The zero-order valence-electron chi connectivity index (χ0n) is 13.2. The summed E-state index contributed by atoms with van der Waals surface area (Å²) in [5.74, 6) is -0.905. The smallest absolute Gasteiger partial charge is 0.316 e. The molecule has 1 N–H and O–H groups in total. The number of rotatable bonds is 4. The zero-order valence-corrected chi connectivity index (χ0v) is 14.0. The van der Waals surface area contributed by atoms with Gasteiger partial charge in [0.15, 0.2) is 0 Å². The van der Waals surface area contributed by atoms with E-state index in [4.69, 9.17) is 9.84 Å². The maximum atomic E-state index is 12.9. The fourth-order valence-electron chi connectivity index (χ4n) is 3.05. The number of carboxylic acid groups (broad SMARTS) is 1. The van der Waals surface area contributed by atoms with Gasteiger partial charge < -0.3 is 14.7 Å². The minimum atomic E-state index is -0.878. The van der Waals surface area contributed by atoms with E-state index in [0.29, 0.717) is 25.3 Å². The number of carbonyl (C=O) groups is 2. The summed E-state index contributed by atoms with van der Waals surface area (Å²) in [4.78, 5) is 26.6. The maximum absolute atomic E-state index is 12.9. The number of carboxylic acids is 1. The number of hydrogen-bond donors (Lipinski definition) is 1. The van der Waals surface area contributed by atoms with Crippen LogP contribution in [-0.2, 0) is 9.53 Å². The Bertz CT molecular complexity index is 614. The van der Waals surface area contributed by atoms with Crippen LogP contribution >= 0.6 is 11.8 Å². The average molecular weight is 335 g/mol. The standard InChI is InChI=1S/C17H21NO4S/c1-12(16(20)21)23-14-6-3-2-5-13(14)15(19)18-9-10-22-17(11-18)7-4-8-17/h2-3,5-6,12H,4,7-11H2,1H3,(H,20,21). The number of aliphatic carboxylic acids is 1. The van der Waals surface area contributed by atoms with Crippen molar-refractivity contribution < 1.29 is 19.4 Å². The highest BCUT2D eigenvalue weighted by Crippen LogP contribution is 2.38. The molecule has 2 fully saturated rings. The summed E-state index contributed by atoms with van der Waals surface area (Å²) in [6.07, 6.45) is 3.19. The van der Waals surface area contributed by atoms with Gasteiger partial charge >= 0.3 is 5.97 Å². The largest absolute Gasteiger partial charge is 0.480 e. The molecule has 2 aliphatic rings. The van der Waals surface area contributed by atoms with Crippen molar-refractivity contribution >= 4 is 23.6 Å². The zero-order chi connectivity index (χ0) is 16.4. The molecule has 1 spiro atoms. The topological polar surface area (TPSA) is 66.8 Å². The maximum Gasteiger partial charge on any atom is 0.316 e. The van der Waals surface area contributed by atoms with Crippen molar-refractivity contribution in [3.63, 3.8) is 0 Å². The summed E-state index contributed by atoms with van der Waals surface area (Å²) in [5.41, 5.74) is 0.451. The molecule has 1 amide bonds. The lowest BCUT2D eigenvalue weighted by molar-refractivity contribution is -0.142. The lowest BCUT2D eigenvalue weighted by Crippen LogP contribution is -2.57. The minimum Gasteiger partial charge on any atom is -0.480 e. The fourth-order valence-corrected chi connectivity index (χ4v) is 3.97. The molecular formula is C17H21NO4S. The lowest BCUT2D eigenvalue weighted by Gasteiger charge is -2.48. The van der Waals surface area contributed by atoms with Crippen molar-refractivity contribution in [3.8, 4) is 0 Å². The molecule has 1 aromatic carbocycles. The van der Waals surface area contributed by atoms with Crippen LogP contribution in [0.5, 0.6) is 0 Å². The summed E-state index contributed by atoms with van der Waals surface area (Å²) in [6.45, 7) is 3.44. The molecule has 0 bridgehead atoms. The van der Waals surface area contributed by atoms with Gasteiger partial charge in [0.05, 0.1) is 24.3 Å². The summed E-state index contributed by atoms with van der Waals surface area (Å²) < 4.78 is 5.87.